The average Bonchev–Trinajstić information content (AvgIpc) is 3.29. The predicted molar refractivity (Wildman–Crippen MR) is 82.9 cm³/mol. The summed E-state index contributed by atoms with van der Waals surface area (Å²) in [5.74, 6) is 3.45. The molecule has 3 aliphatic heterocycles. The van der Waals surface area contributed by atoms with Gasteiger partial charge in [-0.2, -0.15) is 4.98 Å². The minimum absolute atomic E-state index is 0.169. The molecule has 1 aromatic carbocycles. The molecule has 7 nitrogen and oxygen atoms in total. The van der Waals surface area contributed by atoms with E-state index in [1.165, 1.54) is 5.56 Å². The summed E-state index contributed by atoms with van der Waals surface area (Å²) in [4.78, 5) is 6.93. The molecule has 7 heteroatoms. The van der Waals surface area contributed by atoms with E-state index in [4.69, 9.17) is 18.7 Å². The largest absolute Gasteiger partial charge is 0.454 e. The highest BCUT2D eigenvalue weighted by atomic mass is 16.7. The number of likely N-dealkylation sites (tertiary alicyclic amines) is 1. The Balaban J connectivity index is 1.38. The van der Waals surface area contributed by atoms with Crippen LogP contribution in [0.2, 0.25) is 0 Å². The van der Waals surface area contributed by atoms with Crippen LogP contribution in [0.5, 0.6) is 11.5 Å². The minimum atomic E-state index is -0.169. The molecule has 3 aliphatic rings. The molecular formula is C17H19N3O4. The fourth-order valence-corrected chi connectivity index (χ4v) is 4.06. The lowest BCUT2D eigenvalue weighted by atomic mass is 9.81. The van der Waals surface area contributed by atoms with Crippen molar-refractivity contribution in [3.05, 3.63) is 35.5 Å². The van der Waals surface area contributed by atoms with Gasteiger partial charge in [-0.1, -0.05) is 11.2 Å². The van der Waals surface area contributed by atoms with Crippen molar-refractivity contribution >= 4 is 0 Å². The first-order chi connectivity index (χ1) is 11.7. The van der Waals surface area contributed by atoms with Crippen molar-refractivity contribution in [3.8, 4) is 11.5 Å². The van der Waals surface area contributed by atoms with E-state index >= 15 is 0 Å². The van der Waals surface area contributed by atoms with E-state index in [9.17, 15) is 0 Å². The first-order valence-corrected chi connectivity index (χ1v) is 8.22. The van der Waals surface area contributed by atoms with Crippen LogP contribution in [-0.2, 0) is 16.7 Å². The van der Waals surface area contributed by atoms with Gasteiger partial charge in [0.1, 0.15) is 0 Å². The lowest BCUT2D eigenvalue weighted by molar-refractivity contribution is 0.137. The summed E-state index contributed by atoms with van der Waals surface area (Å²) in [5.41, 5.74) is 1.05. The zero-order valence-corrected chi connectivity index (χ0v) is 13.5. The van der Waals surface area contributed by atoms with Crippen LogP contribution in [0.3, 0.4) is 0 Å². The van der Waals surface area contributed by atoms with E-state index in [2.05, 4.69) is 27.2 Å². The summed E-state index contributed by atoms with van der Waals surface area (Å²) in [7, 11) is 0. The van der Waals surface area contributed by atoms with Crippen LogP contribution in [0.1, 0.15) is 17.3 Å². The van der Waals surface area contributed by atoms with Gasteiger partial charge in [-0.3, -0.25) is 4.90 Å². The quantitative estimate of drug-likeness (QED) is 0.845. The second kappa shape index (κ2) is 5.19. The van der Waals surface area contributed by atoms with Gasteiger partial charge >= 0.3 is 0 Å². The Bertz CT molecular complexity index is 777. The molecule has 0 spiro atoms. The van der Waals surface area contributed by atoms with Gasteiger partial charge in [0.15, 0.2) is 17.3 Å². The Labute approximate surface area is 139 Å². The molecule has 2 saturated heterocycles. The monoisotopic (exact) mass is 329 g/mol. The zero-order chi connectivity index (χ0) is 16.1. The first kappa shape index (κ1) is 14.2. The van der Waals surface area contributed by atoms with Gasteiger partial charge in [-0.25, -0.2) is 0 Å². The Morgan fingerprint density at radius 1 is 1.29 bits per heavy atom. The average molecular weight is 329 g/mol. The van der Waals surface area contributed by atoms with Crippen molar-refractivity contribution in [2.24, 2.45) is 5.92 Å². The maximum atomic E-state index is 5.75. The van der Waals surface area contributed by atoms with E-state index in [0.29, 0.717) is 25.1 Å². The van der Waals surface area contributed by atoms with Crippen molar-refractivity contribution in [1.29, 1.82) is 0 Å². The Kier molecular flexibility index (Phi) is 3.08. The Morgan fingerprint density at radius 3 is 3.08 bits per heavy atom. The van der Waals surface area contributed by atoms with Gasteiger partial charge in [0.05, 0.1) is 18.6 Å². The maximum absolute atomic E-state index is 5.75. The molecule has 0 unspecified atom stereocenters. The van der Waals surface area contributed by atoms with Crippen molar-refractivity contribution in [2.75, 3.05) is 33.1 Å². The number of aromatic nitrogens is 2. The first-order valence-electron chi connectivity index (χ1n) is 8.22. The van der Waals surface area contributed by atoms with Gasteiger partial charge in [-0.05, 0) is 24.6 Å². The summed E-state index contributed by atoms with van der Waals surface area (Å²) in [5, 5.41) is 3.97. The number of ether oxygens (including phenoxy) is 3. The molecule has 126 valence electrons. The zero-order valence-electron chi connectivity index (χ0n) is 13.5. The van der Waals surface area contributed by atoms with Crippen LogP contribution in [0.25, 0.3) is 0 Å². The van der Waals surface area contributed by atoms with E-state index < -0.39 is 0 Å². The molecule has 2 atom stereocenters. The van der Waals surface area contributed by atoms with Crippen LogP contribution >= 0.6 is 0 Å². The topological polar surface area (TPSA) is 69.9 Å². The van der Waals surface area contributed by atoms with Crippen LogP contribution in [-0.4, -0.2) is 48.1 Å². The SMILES string of the molecule is Cc1noc([C@@]23COC[C@@H]2CN(Cc2ccc4c(c2)OCO4)C3)n1. The van der Waals surface area contributed by atoms with Gasteiger partial charge in [-0.15, -0.1) is 0 Å². The molecule has 0 aliphatic carbocycles. The molecule has 5 rings (SSSR count). The highest BCUT2D eigenvalue weighted by Gasteiger charge is 2.55. The number of hydrogen-bond acceptors (Lipinski definition) is 7. The molecule has 1 aromatic heterocycles. The van der Waals surface area contributed by atoms with Crippen LogP contribution in [0.15, 0.2) is 22.7 Å². The summed E-state index contributed by atoms with van der Waals surface area (Å²) >= 11 is 0. The highest BCUT2D eigenvalue weighted by molar-refractivity contribution is 5.44. The van der Waals surface area contributed by atoms with E-state index in [1.54, 1.807) is 0 Å². The summed E-state index contributed by atoms with van der Waals surface area (Å²) < 4.78 is 22.1. The summed E-state index contributed by atoms with van der Waals surface area (Å²) in [6.45, 7) is 6.26. The Morgan fingerprint density at radius 2 is 2.21 bits per heavy atom. The normalized spacial score (nSPS) is 28.5. The molecule has 0 bridgehead atoms. The predicted octanol–water partition coefficient (Wildman–Crippen LogP) is 1.51. The fraction of sp³-hybridized carbons (Fsp3) is 0.529. The van der Waals surface area contributed by atoms with Crippen molar-refractivity contribution in [3.63, 3.8) is 0 Å². The molecule has 2 aromatic rings. The molecular weight excluding hydrogens is 310 g/mol. The van der Waals surface area contributed by atoms with Gasteiger partial charge < -0.3 is 18.7 Å². The second-order valence-corrected chi connectivity index (χ2v) is 6.87. The molecule has 0 saturated carbocycles. The van der Waals surface area contributed by atoms with Crippen molar-refractivity contribution in [2.45, 2.75) is 18.9 Å². The number of hydrogen-bond donors (Lipinski definition) is 0. The standard InChI is InChI=1S/C17H19N3O4/c1-11-18-16(24-19-11)17-8-20(6-13(17)7-21-9-17)5-12-2-3-14-15(4-12)23-10-22-14/h2-4,13H,5-10H2,1H3/t13-,17-/m0/s1. The van der Waals surface area contributed by atoms with Gasteiger partial charge in [0.25, 0.3) is 0 Å². The van der Waals surface area contributed by atoms with Crippen molar-refractivity contribution < 1.29 is 18.7 Å². The third kappa shape index (κ3) is 2.12. The number of fused-ring (bicyclic) bond motifs is 2. The number of benzene rings is 1. The van der Waals surface area contributed by atoms with E-state index in [1.807, 2.05) is 13.0 Å². The lowest BCUT2D eigenvalue weighted by Crippen LogP contribution is -2.35. The molecule has 0 amide bonds. The van der Waals surface area contributed by atoms with Gasteiger partial charge in [0.2, 0.25) is 12.7 Å². The number of rotatable bonds is 3. The van der Waals surface area contributed by atoms with Crippen LogP contribution in [0.4, 0.5) is 0 Å². The maximum Gasteiger partial charge on any atom is 0.236 e. The number of nitrogens with zero attached hydrogens (tertiary/aromatic N) is 3. The van der Waals surface area contributed by atoms with Crippen LogP contribution < -0.4 is 9.47 Å². The van der Waals surface area contributed by atoms with Crippen LogP contribution in [0, 0.1) is 12.8 Å². The van der Waals surface area contributed by atoms with Gasteiger partial charge in [0, 0.05) is 25.6 Å². The van der Waals surface area contributed by atoms with Crippen molar-refractivity contribution in [1.82, 2.24) is 15.0 Å². The smallest absolute Gasteiger partial charge is 0.236 e. The lowest BCUT2D eigenvalue weighted by Gasteiger charge is -2.22. The molecule has 0 radical (unpaired) electrons. The molecule has 2 fully saturated rings. The molecule has 0 N–H and O–H groups in total. The second-order valence-electron chi connectivity index (χ2n) is 6.87. The van der Waals surface area contributed by atoms with E-state index in [0.717, 1.165) is 43.6 Å². The highest BCUT2D eigenvalue weighted by Crippen LogP contribution is 2.43. The molecule has 4 heterocycles. The fourth-order valence-electron chi connectivity index (χ4n) is 4.06. The Hall–Kier alpha value is -2.12. The van der Waals surface area contributed by atoms with E-state index in [-0.39, 0.29) is 5.41 Å². The number of aryl methyl sites for hydroxylation is 1. The molecule has 24 heavy (non-hydrogen) atoms. The third-order valence-corrected chi connectivity index (χ3v) is 5.24. The third-order valence-electron chi connectivity index (χ3n) is 5.24. The summed E-state index contributed by atoms with van der Waals surface area (Å²) in [6.07, 6.45) is 0. The summed E-state index contributed by atoms with van der Waals surface area (Å²) in [6, 6.07) is 6.15. The minimum Gasteiger partial charge on any atom is -0.454 e.